The lowest BCUT2D eigenvalue weighted by Crippen LogP contribution is -2.48. The predicted molar refractivity (Wildman–Crippen MR) is 71.1 cm³/mol. The number of aromatic hydroxyl groups is 1. The normalized spacial score (nSPS) is 16.1. The number of nitriles is 1. The molecule has 6 heteroatoms. The Morgan fingerprint density at radius 3 is 2.68 bits per heavy atom. The second-order valence-corrected chi connectivity index (χ2v) is 4.82. The van der Waals surface area contributed by atoms with E-state index in [0.717, 1.165) is 0 Å². The van der Waals surface area contributed by atoms with Crippen LogP contribution in [0, 0.1) is 11.3 Å². The number of amides is 1. The van der Waals surface area contributed by atoms with Crippen LogP contribution in [0.5, 0.6) is 5.75 Å². The molecule has 1 saturated heterocycles. The Kier molecular flexibility index (Phi) is 4.25. The van der Waals surface area contributed by atoms with Crippen LogP contribution in [0.1, 0.15) is 10.4 Å². The van der Waals surface area contributed by atoms with Gasteiger partial charge in [-0.2, -0.15) is 5.26 Å². The van der Waals surface area contributed by atoms with E-state index in [9.17, 15) is 9.90 Å². The number of benzene rings is 1. The van der Waals surface area contributed by atoms with E-state index in [4.69, 9.17) is 16.9 Å². The van der Waals surface area contributed by atoms with Gasteiger partial charge in [0.1, 0.15) is 5.75 Å². The number of nitrogens with zero attached hydrogens (tertiary/aromatic N) is 3. The Balaban J connectivity index is 2.05. The van der Waals surface area contributed by atoms with Crippen LogP contribution in [0.15, 0.2) is 18.2 Å². The van der Waals surface area contributed by atoms with Crippen molar-refractivity contribution >= 4 is 17.5 Å². The van der Waals surface area contributed by atoms with Gasteiger partial charge in [0.25, 0.3) is 5.91 Å². The summed E-state index contributed by atoms with van der Waals surface area (Å²) in [6.45, 7) is 2.81. The van der Waals surface area contributed by atoms with Crippen molar-refractivity contribution in [3.05, 3.63) is 28.8 Å². The molecule has 0 spiro atoms. The molecule has 0 aromatic heterocycles. The molecule has 1 aliphatic heterocycles. The molecule has 0 unspecified atom stereocenters. The number of hydrogen-bond donors (Lipinski definition) is 1. The molecule has 0 saturated carbocycles. The Morgan fingerprint density at radius 1 is 1.37 bits per heavy atom. The molecule has 2 rings (SSSR count). The highest BCUT2D eigenvalue weighted by atomic mass is 35.5. The third-order valence-electron chi connectivity index (χ3n) is 3.14. The van der Waals surface area contributed by atoms with E-state index in [2.05, 4.69) is 6.07 Å². The van der Waals surface area contributed by atoms with Crippen LogP contribution < -0.4 is 0 Å². The second-order valence-electron chi connectivity index (χ2n) is 4.39. The third kappa shape index (κ3) is 3.16. The molecule has 1 N–H and O–H groups in total. The molecule has 5 nitrogen and oxygen atoms in total. The average molecular weight is 280 g/mol. The number of phenolic OH excluding ortho intramolecular Hbond substituents is 1. The molecule has 1 aromatic carbocycles. The van der Waals surface area contributed by atoms with E-state index in [-0.39, 0.29) is 17.2 Å². The zero-order valence-electron chi connectivity index (χ0n) is 10.3. The Hall–Kier alpha value is -1.77. The molecular weight excluding hydrogens is 266 g/mol. The van der Waals surface area contributed by atoms with Crippen molar-refractivity contribution in [2.45, 2.75) is 0 Å². The minimum atomic E-state index is -0.225. The fourth-order valence-electron chi connectivity index (χ4n) is 2.06. The van der Waals surface area contributed by atoms with Crippen LogP contribution in [0.4, 0.5) is 0 Å². The van der Waals surface area contributed by atoms with Gasteiger partial charge in [-0.25, -0.2) is 0 Å². The van der Waals surface area contributed by atoms with Gasteiger partial charge in [0.2, 0.25) is 0 Å². The van der Waals surface area contributed by atoms with Crippen LogP contribution in [-0.4, -0.2) is 53.5 Å². The smallest absolute Gasteiger partial charge is 0.257 e. The van der Waals surface area contributed by atoms with Gasteiger partial charge in [-0.05, 0) is 18.2 Å². The van der Waals surface area contributed by atoms with Crippen LogP contribution in [0.2, 0.25) is 5.02 Å². The first-order valence-electron chi connectivity index (χ1n) is 5.99. The molecule has 100 valence electrons. The summed E-state index contributed by atoms with van der Waals surface area (Å²) in [7, 11) is 0. The van der Waals surface area contributed by atoms with Gasteiger partial charge in [-0.3, -0.25) is 9.69 Å². The van der Waals surface area contributed by atoms with Gasteiger partial charge in [0.15, 0.2) is 0 Å². The summed E-state index contributed by atoms with van der Waals surface area (Å²) in [4.78, 5) is 15.9. The zero-order valence-corrected chi connectivity index (χ0v) is 11.1. The highest BCUT2D eigenvalue weighted by Gasteiger charge is 2.23. The minimum absolute atomic E-state index is 0.0612. The topological polar surface area (TPSA) is 67.6 Å². The number of piperazine rings is 1. The average Bonchev–Trinajstić information content (AvgIpc) is 2.42. The van der Waals surface area contributed by atoms with Gasteiger partial charge in [-0.15, -0.1) is 0 Å². The highest BCUT2D eigenvalue weighted by Crippen LogP contribution is 2.23. The molecule has 1 heterocycles. The van der Waals surface area contributed by atoms with Crippen LogP contribution >= 0.6 is 11.6 Å². The minimum Gasteiger partial charge on any atom is -0.507 e. The fourth-order valence-corrected chi connectivity index (χ4v) is 2.23. The predicted octanol–water partition coefficient (Wildman–Crippen LogP) is 1.33. The van der Waals surface area contributed by atoms with E-state index in [1.807, 2.05) is 4.90 Å². The van der Waals surface area contributed by atoms with Crippen molar-refractivity contribution in [2.75, 3.05) is 32.7 Å². The Morgan fingerprint density at radius 2 is 2.05 bits per heavy atom. The van der Waals surface area contributed by atoms with E-state index in [1.165, 1.54) is 12.1 Å². The summed E-state index contributed by atoms with van der Waals surface area (Å²) < 4.78 is 0. The Labute approximate surface area is 116 Å². The molecule has 0 radical (unpaired) electrons. The lowest BCUT2D eigenvalue weighted by Gasteiger charge is -2.33. The fraction of sp³-hybridized carbons (Fsp3) is 0.385. The third-order valence-corrected chi connectivity index (χ3v) is 3.38. The van der Waals surface area contributed by atoms with Gasteiger partial charge in [-0.1, -0.05) is 11.6 Å². The largest absolute Gasteiger partial charge is 0.507 e. The number of phenols is 1. The maximum absolute atomic E-state index is 12.3. The SMILES string of the molecule is N#CCN1CCN(C(=O)c2cc(Cl)ccc2O)CC1. The monoisotopic (exact) mass is 279 g/mol. The molecule has 1 aliphatic rings. The summed E-state index contributed by atoms with van der Waals surface area (Å²) >= 11 is 5.84. The summed E-state index contributed by atoms with van der Waals surface area (Å²) in [6.07, 6.45) is 0. The van der Waals surface area contributed by atoms with Crippen LogP contribution in [0.25, 0.3) is 0 Å². The maximum Gasteiger partial charge on any atom is 0.257 e. The number of hydrogen-bond acceptors (Lipinski definition) is 4. The first-order valence-corrected chi connectivity index (χ1v) is 6.36. The molecule has 1 amide bonds. The van der Waals surface area contributed by atoms with E-state index in [1.54, 1.807) is 11.0 Å². The molecule has 0 bridgehead atoms. The van der Waals surface area contributed by atoms with Crippen molar-refractivity contribution in [1.82, 2.24) is 9.80 Å². The van der Waals surface area contributed by atoms with Crippen molar-refractivity contribution in [1.29, 1.82) is 5.26 Å². The standard InChI is InChI=1S/C13H14ClN3O2/c14-10-1-2-12(18)11(9-10)13(19)17-7-5-16(4-3-15)6-8-17/h1-2,9,18H,4-8H2. The first-order chi connectivity index (χ1) is 9.11. The Bertz CT molecular complexity index is 519. The molecule has 1 aromatic rings. The molecular formula is C13H14ClN3O2. The van der Waals surface area contributed by atoms with E-state index < -0.39 is 0 Å². The quantitative estimate of drug-likeness (QED) is 0.829. The van der Waals surface area contributed by atoms with Gasteiger partial charge < -0.3 is 10.0 Å². The van der Waals surface area contributed by atoms with E-state index >= 15 is 0 Å². The van der Waals surface area contributed by atoms with Crippen LogP contribution in [0.3, 0.4) is 0 Å². The van der Waals surface area contributed by atoms with Crippen molar-refractivity contribution in [3.63, 3.8) is 0 Å². The van der Waals surface area contributed by atoms with Gasteiger partial charge in [0.05, 0.1) is 18.2 Å². The van der Waals surface area contributed by atoms with Gasteiger partial charge >= 0.3 is 0 Å². The maximum atomic E-state index is 12.3. The number of halogens is 1. The number of carbonyl (C=O) groups is 1. The molecule has 0 atom stereocenters. The molecule has 1 fully saturated rings. The lowest BCUT2D eigenvalue weighted by atomic mass is 10.1. The van der Waals surface area contributed by atoms with Crippen molar-refractivity contribution in [2.24, 2.45) is 0 Å². The molecule has 19 heavy (non-hydrogen) atoms. The van der Waals surface area contributed by atoms with E-state index in [0.29, 0.717) is 37.7 Å². The highest BCUT2D eigenvalue weighted by molar-refractivity contribution is 6.31. The number of carbonyl (C=O) groups excluding carboxylic acids is 1. The summed E-state index contributed by atoms with van der Waals surface area (Å²) in [5.74, 6) is -0.287. The lowest BCUT2D eigenvalue weighted by molar-refractivity contribution is 0.0649. The zero-order chi connectivity index (χ0) is 13.8. The van der Waals surface area contributed by atoms with Crippen LogP contribution in [-0.2, 0) is 0 Å². The number of rotatable bonds is 2. The second kappa shape index (κ2) is 5.91. The van der Waals surface area contributed by atoms with Crippen molar-refractivity contribution < 1.29 is 9.90 Å². The van der Waals surface area contributed by atoms with Gasteiger partial charge in [0, 0.05) is 31.2 Å². The summed E-state index contributed by atoms with van der Waals surface area (Å²) in [5.41, 5.74) is 0.223. The summed E-state index contributed by atoms with van der Waals surface area (Å²) in [6, 6.07) is 6.53. The molecule has 0 aliphatic carbocycles. The summed E-state index contributed by atoms with van der Waals surface area (Å²) in [5, 5.41) is 18.8. The first kappa shape index (κ1) is 13.7. The van der Waals surface area contributed by atoms with Crippen molar-refractivity contribution in [3.8, 4) is 11.8 Å².